The second kappa shape index (κ2) is 7.77. The lowest BCUT2D eigenvalue weighted by Crippen LogP contribution is -2.35. The van der Waals surface area contributed by atoms with Gasteiger partial charge in [0, 0.05) is 25.8 Å². The summed E-state index contributed by atoms with van der Waals surface area (Å²) in [6.45, 7) is 2.54. The lowest BCUT2D eigenvalue weighted by Gasteiger charge is -2.24. The van der Waals surface area contributed by atoms with Crippen LogP contribution in [0.25, 0.3) is 0 Å². The highest BCUT2D eigenvalue weighted by Crippen LogP contribution is 2.23. The van der Waals surface area contributed by atoms with E-state index in [4.69, 9.17) is 0 Å². The highest BCUT2D eigenvalue weighted by molar-refractivity contribution is 7.07. The molecule has 1 aliphatic rings. The van der Waals surface area contributed by atoms with E-state index in [2.05, 4.69) is 36.9 Å². The molecule has 24 heavy (non-hydrogen) atoms. The van der Waals surface area contributed by atoms with E-state index in [9.17, 15) is 4.79 Å². The van der Waals surface area contributed by atoms with Gasteiger partial charge in [-0.25, -0.2) is 4.98 Å². The van der Waals surface area contributed by atoms with Gasteiger partial charge in [-0.3, -0.25) is 4.79 Å². The van der Waals surface area contributed by atoms with E-state index in [-0.39, 0.29) is 11.9 Å². The van der Waals surface area contributed by atoms with E-state index in [1.165, 1.54) is 18.4 Å². The number of anilines is 1. The van der Waals surface area contributed by atoms with Crippen LogP contribution in [-0.4, -0.2) is 49.5 Å². The van der Waals surface area contributed by atoms with Gasteiger partial charge in [0.1, 0.15) is 5.82 Å². The van der Waals surface area contributed by atoms with Gasteiger partial charge in [-0.15, -0.1) is 0 Å². The van der Waals surface area contributed by atoms with E-state index in [1.54, 1.807) is 17.5 Å². The van der Waals surface area contributed by atoms with Crippen LogP contribution >= 0.6 is 11.3 Å². The van der Waals surface area contributed by atoms with Crippen molar-refractivity contribution in [3.8, 4) is 0 Å². The fraction of sp³-hybridized carbons (Fsp3) is 0.444. The molecule has 0 bridgehead atoms. The first-order valence-electron chi connectivity index (χ1n) is 8.33. The zero-order valence-electron chi connectivity index (χ0n) is 14.2. The first-order valence-corrected chi connectivity index (χ1v) is 9.28. The lowest BCUT2D eigenvalue weighted by atomic mass is 10.1. The Bertz CT molecular complexity index is 665. The molecule has 6 heteroatoms. The number of hydrogen-bond donors (Lipinski definition) is 1. The zero-order chi connectivity index (χ0) is 16.9. The van der Waals surface area contributed by atoms with E-state index < -0.39 is 0 Å². The van der Waals surface area contributed by atoms with Gasteiger partial charge in [-0.1, -0.05) is 0 Å². The van der Waals surface area contributed by atoms with Gasteiger partial charge >= 0.3 is 0 Å². The van der Waals surface area contributed by atoms with Crippen LogP contribution < -0.4 is 10.2 Å². The molecule has 0 aliphatic carbocycles. The highest BCUT2D eigenvalue weighted by Gasteiger charge is 2.22. The number of nitrogens with one attached hydrogen (secondary N) is 1. The molecular weight excluding hydrogens is 320 g/mol. The minimum atomic E-state index is -0.0490. The van der Waals surface area contributed by atoms with Crippen molar-refractivity contribution >= 4 is 23.1 Å². The third-order valence-electron chi connectivity index (χ3n) is 4.44. The Kier molecular flexibility index (Phi) is 5.48. The van der Waals surface area contributed by atoms with Crippen LogP contribution in [0, 0.1) is 0 Å². The van der Waals surface area contributed by atoms with E-state index in [0.29, 0.717) is 12.1 Å². The third-order valence-corrected chi connectivity index (χ3v) is 5.15. The molecule has 2 aromatic heterocycles. The molecule has 0 aromatic carbocycles. The van der Waals surface area contributed by atoms with E-state index in [0.717, 1.165) is 18.9 Å². The van der Waals surface area contributed by atoms with Gasteiger partial charge in [0.15, 0.2) is 0 Å². The summed E-state index contributed by atoms with van der Waals surface area (Å²) in [6, 6.07) is 5.98. The monoisotopic (exact) mass is 344 g/mol. The number of amides is 1. The van der Waals surface area contributed by atoms with Crippen molar-refractivity contribution < 1.29 is 4.79 Å². The Hall–Kier alpha value is -1.92. The van der Waals surface area contributed by atoms with Crippen LogP contribution in [0.15, 0.2) is 35.2 Å². The molecule has 0 radical (unpaired) electrons. The average molecular weight is 344 g/mol. The first-order chi connectivity index (χ1) is 11.7. The van der Waals surface area contributed by atoms with E-state index >= 15 is 0 Å². The van der Waals surface area contributed by atoms with Gasteiger partial charge in [0.25, 0.3) is 5.91 Å². The molecular formula is C18H24N4OS. The maximum Gasteiger partial charge on any atom is 0.255 e. The highest BCUT2D eigenvalue weighted by atomic mass is 32.1. The van der Waals surface area contributed by atoms with Crippen LogP contribution in [0.1, 0.15) is 34.8 Å². The predicted octanol–water partition coefficient (Wildman–Crippen LogP) is 2.78. The molecule has 1 atom stereocenters. The molecule has 128 valence electrons. The van der Waals surface area contributed by atoms with Crippen molar-refractivity contribution in [3.05, 3.63) is 46.3 Å². The zero-order valence-corrected chi connectivity index (χ0v) is 15.1. The second-order valence-electron chi connectivity index (χ2n) is 6.31. The molecule has 1 amide bonds. The topological polar surface area (TPSA) is 48.5 Å². The number of carbonyl (C=O) groups is 1. The summed E-state index contributed by atoms with van der Waals surface area (Å²) >= 11 is 1.68. The number of nitrogens with zero attached hydrogens (tertiary/aromatic N) is 3. The number of pyridine rings is 1. The Morgan fingerprint density at radius 1 is 1.38 bits per heavy atom. The summed E-state index contributed by atoms with van der Waals surface area (Å²) in [7, 11) is 4.07. The number of hydrogen-bond acceptors (Lipinski definition) is 5. The standard InChI is InChI=1S/C18H24N4OS/c1-21(2)16(14-7-11-24-13-14)12-20-18(23)15-6-5-8-19-17(15)22-9-3-4-10-22/h5-8,11,13,16H,3-4,9-10,12H2,1-2H3,(H,20,23)/t16-/m0/s1. The minimum absolute atomic E-state index is 0.0490. The fourth-order valence-electron chi connectivity index (χ4n) is 3.10. The molecule has 3 heterocycles. The Labute approximate surface area is 147 Å². The van der Waals surface area contributed by atoms with Crippen molar-refractivity contribution in [3.63, 3.8) is 0 Å². The van der Waals surface area contributed by atoms with Gasteiger partial charge in [0.2, 0.25) is 0 Å². The quantitative estimate of drug-likeness (QED) is 0.875. The third kappa shape index (κ3) is 3.76. The van der Waals surface area contributed by atoms with Gasteiger partial charge < -0.3 is 15.1 Å². The molecule has 0 saturated carbocycles. The largest absolute Gasteiger partial charge is 0.356 e. The Morgan fingerprint density at radius 3 is 2.83 bits per heavy atom. The normalized spacial score (nSPS) is 15.7. The molecule has 0 unspecified atom stereocenters. The molecule has 1 fully saturated rings. The van der Waals surface area contributed by atoms with Gasteiger partial charge in [-0.2, -0.15) is 11.3 Å². The Morgan fingerprint density at radius 2 is 2.17 bits per heavy atom. The summed E-state index contributed by atoms with van der Waals surface area (Å²) in [4.78, 5) is 21.5. The molecule has 3 rings (SSSR count). The van der Waals surface area contributed by atoms with Crippen molar-refractivity contribution in [1.29, 1.82) is 0 Å². The van der Waals surface area contributed by atoms with Crippen LogP contribution in [0.4, 0.5) is 5.82 Å². The maximum absolute atomic E-state index is 12.7. The fourth-order valence-corrected chi connectivity index (χ4v) is 3.81. The molecule has 2 aromatic rings. The number of carbonyl (C=O) groups excluding carboxylic acids is 1. The van der Waals surface area contributed by atoms with Crippen molar-refractivity contribution in [2.75, 3.05) is 38.6 Å². The minimum Gasteiger partial charge on any atom is -0.356 e. The number of thiophene rings is 1. The average Bonchev–Trinajstić information content (AvgIpc) is 3.28. The number of aromatic nitrogens is 1. The predicted molar refractivity (Wildman–Crippen MR) is 98.8 cm³/mol. The van der Waals surface area contributed by atoms with Crippen molar-refractivity contribution in [2.24, 2.45) is 0 Å². The molecule has 0 spiro atoms. The molecule has 5 nitrogen and oxygen atoms in total. The molecule has 1 N–H and O–H groups in total. The lowest BCUT2D eigenvalue weighted by molar-refractivity contribution is 0.0942. The summed E-state index contributed by atoms with van der Waals surface area (Å²) in [5, 5.41) is 7.30. The molecule has 1 aliphatic heterocycles. The summed E-state index contributed by atoms with van der Waals surface area (Å²) < 4.78 is 0. The number of likely N-dealkylation sites (N-methyl/N-ethyl adjacent to an activating group) is 1. The van der Waals surface area contributed by atoms with Crippen LogP contribution in [-0.2, 0) is 0 Å². The maximum atomic E-state index is 12.7. The van der Waals surface area contributed by atoms with Crippen molar-refractivity contribution in [1.82, 2.24) is 15.2 Å². The van der Waals surface area contributed by atoms with Gasteiger partial charge in [-0.05, 0) is 61.5 Å². The second-order valence-corrected chi connectivity index (χ2v) is 7.09. The Balaban J connectivity index is 1.71. The number of rotatable bonds is 6. The van der Waals surface area contributed by atoms with Crippen molar-refractivity contribution in [2.45, 2.75) is 18.9 Å². The van der Waals surface area contributed by atoms with E-state index in [1.807, 2.05) is 26.2 Å². The SMILES string of the molecule is CN(C)[C@@H](CNC(=O)c1cccnc1N1CCCC1)c1ccsc1. The van der Waals surface area contributed by atoms with Crippen LogP contribution in [0.5, 0.6) is 0 Å². The van der Waals surface area contributed by atoms with Gasteiger partial charge in [0.05, 0.1) is 11.6 Å². The first kappa shape index (κ1) is 16.9. The van der Waals surface area contributed by atoms with Crippen LogP contribution in [0.2, 0.25) is 0 Å². The summed E-state index contributed by atoms with van der Waals surface area (Å²) in [5.41, 5.74) is 1.90. The summed E-state index contributed by atoms with van der Waals surface area (Å²) in [6.07, 6.45) is 4.09. The smallest absolute Gasteiger partial charge is 0.255 e. The van der Waals surface area contributed by atoms with Crippen LogP contribution in [0.3, 0.4) is 0 Å². The molecule has 1 saturated heterocycles. The summed E-state index contributed by atoms with van der Waals surface area (Å²) in [5.74, 6) is 0.761.